The van der Waals surface area contributed by atoms with Crippen LogP contribution in [0.15, 0.2) is 0 Å². The van der Waals surface area contributed by atoms with Crippen molar-refractivity contribution >= 4 is 0 Å². The molecule has 0 radical (unpaired) electrons. The van der Waals surface area contributed by atoms with Gasteiger partial charge in [-0.05, 0) is 12.3 Å². The minimum Gasteiger partial charge on any atom is -0.394 e. The maximum absolute atomic E-state index is 8.53. The average molecular weight is 411 g/mol. The third-order valence-corrected chi connectivity index (χ3v) is 3.65. The molecule has 0 aliphatic rings. The van der Waals surface area contributed by atoms with Crippen LogP contribution in [0, 0.1) is 5.92 Å². The summed E-state index contributed by atoms with van der Waals surface area (Å²) in [5.74, 6) is 0.620. The molecule has 0 saturated carbocycles. The zero-order chi connectivity index (χ0) is 20.5. The van der Waals surface area contributed by atoms with Crippen molar-refractivity contribution < 1.29 is 38.3 Å². The molecule has 0 bridgehead atoms. The van der Waals surface area contributed by atoms with E-state index in [9.17, 15) is 0 Å². The lowest BCUT2D eigenvalue weighted by Gasteiger charge is -2.11. The van der Waals surface area contributed by atoms with Gasteiger partial charge in [0.1, 0.15) is 0 Å². The fourth-order valence-electron chi connectivity index (χ4n) is 2.24. The zero-order valence-electron chi connectivity index (χ0n) is 17.9. The van der Waals surface area contributed by atoms with Gasteiger partial charge in [0, 0.05) is 6.61 Å². The molecule has 28 heavy (non-hydrogen) atoms. The number of hydrogen-bond acceptors (Lipinski definition) is 8. The minimum absolute atomic E-state index is 0.0378. The second kappa shape index (κ2) is 24.7. The quantitative estimate of drug-likeness (QED) is 0.240. The Balaban J connectivity index is 3.01. The van der Waals surface area contributed by atoms with E-state index in [1.807, 2.05) is 0 Å². The van der Waals surface area contributed by atoms with Crippen LogP contribution in [0.25, 0.3) is 0 Å². The summed E-state index contributed by atoms with van der Waals surface area (Å²) in [5.41, 5.74) is 0. The summed E-state index contributed by atoms with van der Waals surface area (Å²) in [5, 5.41) is 8.53. The average Bonchev–Trinajstić information content (AvgIpc) is 2.69. The molecule has 8 heteroatoms. The highest BCUT2D eigenvalue weighted by atomic mass is 16.6. The Hall–Kier alpha value is -0.320. The van der Waals surface area contributed by atoms with Crippen molar-refractivity contribution in [3.05, 3.63) is 0 Å². The van der Waals surface area contributed by atoms with E-state index in [0.717, 1.165) is 6.61 Å². The molecule has 0 saturated heterocycles. The predicted octanol–water partition coefficient (Wildman–Crippen LogP) is 1.53. The molecule has 0 heterocycles. The van der Waals surface area contributed by atoms with Crippen LogP contribution in [0.2, 0.25) is 0 Å². The van der Waals surface area contributed by atoms with Crippen LogP contribution >= 0.6 is 0 Å². The van der Waals surface area contributed by atoms with E-state index in [1.54, 1.807) is 0 Å². The summed E-state index contributed by atoms with van der Waals surface area (Å²) in [6, 6.07) is 0. The van der Waals surface area contributed by atoms with Crippen molar-refractivity contribution in [1.29, 1.82) is 0 Å². The van der Waals surface area contributed by atoms with Crippen LogP contribution in [0.5, 0.6) is 0 Å². The van der Waals surface area contributed by atoms with Gasteiger partial charge in [-0.15, -0.1) is 0 Å². The summed E-state index contributed by atoms with van der Waals surface area (Å²) in [7, 11) is 0. The highest BCUT2D eigenvalue weighted by molar-refractivity contribution is 4.49. The lowest BCUT2D eigenvalue weighted by atomic mass is 10.1. The first-order valence-corrected chi connectivity index (χ1v) is 10.5. The van der Waals surface area contributed by atoms with Crippen molar-refractivity contribution in [1.82, 2.24) is 0 Å². The van der Waals surface area contributed by atoms with Gasteiger partial charge in [-0.1, -0.05) is 20.3 Å². The SMILES string of the molecule is CCCC(C)COCCOCCOCCOCCOCCOCCOCCO. The van der Waals surface area contributed by atoms with E-state index in [-0.39, 0.29) is 6.61 Å². The maximum atomic E-state index is 8.53. The highest BCUT2D eigenvalue weighted by Gasteiger charge is 2.00. The minimum atomic E-state index is 0.0378. The van der Waals surface area contributed by atoms with Crippen molar-refractivity contribution in [2.45, 2.75) is 26.7 Å². The zero-order valence-corrected chi connectivity index (χ0v) is 17.9. The number of aliphatic hydroxyl groups is 1. The van der Waals surface area contributed by atoms with E-state index < -0.39 is 0 Å². The smallest absolute Gasteiger partial charge is 0.0701 e. The molecule has 0 fully saturated rings. The summed E-state index contributed by atoms with van der Waals surface area (Å²) >= 11 is 0. The first-order chi connectivity index (χ1) is 13.8. The summed E-state index contributed by atoms with van der Waals surface area (Å²) < 4.78 is 37.6. The summed E-state index contributed by atoms with van der Waals surface area (Å²) in [6.07, 6.45) is 2.41. The van der Waals surface area contributed by atoms with Crippen LogP contribution in [-0.4, -0.2) is 104 Å². The van der Waals surface area contributed by atoms with Gasteiger partial charge in [0.05, 0.1) is 92.5 Å². The molecule has 0 aromatic rings. The maximum Gasteiger partial charge on any atom is 0.0701 e. The number of hydrogen-bond donors (Lipinski definition) is 1. The van der Waals surface area contributed by atoms with Gasteiger partial charge in [-0.2, -0.15) is 0 Å². The Kier molecular flexibility index (Phi) is 24.4. The monoisotopic (exact) mass is 410 g/mol. The molecule has 0 amide bonds. The van der Waals surface area contributed by atoms with Crippen LogP contribution in [0.1, 0.15) is 26.7 Å². The lowest BCUT2D eigenvalue weighted by molar-refractivity contribution is -0.0224. The van der Waals surface area contributed by atoms with Gasteiger partial charge in [-0.25, -0.2) is 0 Å². The van der Waals surface area contributed by atoms with Crippen LogP contribution in [-0.2, 0) is 33.2 Å². The van der Waals surface area contributed by atoms with Gasteiger partial charge >= 0.3 is 0 Å². The second-order valence-electron chi connectivity index (χ2n) is 6.37. The van der Waals surface area contributed by atoms with Crippen molar-refractivity contribution in [3.63, 3.8) is 0 Å². The molecule has 0 rings (SSSR count). The van der Waals surface area contributed by atoms with Crippen molar-refractivity contribution in [2.24, 2.45) is 5.92 Å². The molecule has 1 N–H and O–H groups in total. The first-order valence-electron chi connectivity index (χ1n) is 10.5. The molecule has 1 atom stereocenters. The largest absolute Gasteiger partial charge is 0.394 e. The molecule has 0 aliphatic heterocycles. The van der Waals surface area contributed by atoms with Gasteiger partial charge in [0.25, 0.3) is 0 Å². The molecule has 0 aromatic carbocycles. The van der Waals surface area contributed by atoms with Gasteiger partial charge in [0.15, 0.2) is 0 Å². The standard InChI is InChI=1S/C20H42O8/c1-3-4-20(2)19-28-18-17-27-16-15-26-14-13-25-12-11-24-10-9-23-8-7-22-6-5-21/h20-21H,3-19H2,1-2H3. The van der Waals surface area contributed by atoms with Crippen LogP contribution < -0.4 is 0 Å². The number of rotatable bonds is 24. The Morgan fingerprint density at radius 1 is 0.536 bits per heavy atom. The van der Waals surface area contributed by atoms with E-state index >= 15 is 0 Å². The molecule has 170 valence electrons. The third-order valence-electron chi connectivity index (χ3n) is 3.65. The second-order valence-corrected chi connectivity index (χ2v) is 6.37. The van der Waals surface area contributed by atoms with Gasteiger partial charge in [-0.3, -0.25) is 0 Å². The van der Waals surface area contributed by atoms with Gasteiger partial charge < -0.3 is 38.3 Å². The summed E-state index contributed by atoms with van der Waals surface area (Å²) in [6.45, 7) is 12.2. The number of ether oxygens (including phenoxy) is 7. The molecular weight excluding hydrogens is 368 g/mol. The van der Waals surface area contributed by atoms with Crippen molar-refractivity contribution in [3.8, 4) is 0 Å². The Morgan fingerprint density at radius 3 is 1.18 bits per heavy atom. The van der Waals surface area contributed by atoms with Crippen LogP contribution in [0.4, 0.5) is 0 Å². The van der Waals surface area contributed by atoms with Gasteiger partial charge in [0.2, 0.25) is 0 Å². The fourth-order valence-corrected chi connectivity index (χ4v) is 2.24. The predicted molar refractivity (Wildman–Crippen MR) is 107 cm³/mol. The van der Waals surface area contributed by atoms with E-state index in [4.69, 9.17) is 38.3 Å². The molecule has 1 unspecified atom stereocenters. The third kappa shape index (κ3) is 23.7. The molecular formula is C20H42O8. The normalized spacial score (nSPS) is 12.5. The number of aliphatic hydroxyl groups excluding tert-OH is 1. The van der Waals surface area contributed by atoms with E-state index in [1.165, 1.54) is 12.8 Å². The highest BCUT2D eigenvalue weighted by Crippen LogP contribution is 2.04. The lowest BCUT2D eigenvalue weighted by Crippen LogP contribution is -2.15. The Morgan fingerprint density at radius 2 is 0.857 bits per heavy atom. The van der Waals surface area contributed by atoms with Crippen molar-refractivity contribution in [2.75, 3.05) is 99.1 Å². The summed E-state index contributed by atoms with van der Waals surface area (Å²) in [4.78, 5) is 0. The van der Waals surface area contributed by atoms with Crippen LogP contribution in [0.3, 0.4) is 0 Å². The molecule has 8 nitrogen and oxygen atoms in total. The molecule has 0 aromatic heterocycles. The first kappa shape index (κ1) is 27.7. The van der Waals surface area contributed by atoms with E-state index in [0.29, 0.717) is 91.8 Å². The topological polar surface area (TPSA) is 84.8 Å². The molecule has 0 aliphatic carbocycles. The Bertz CT molecular complexity index is 281. The fraction of sp³-hybridized carbons (Fsp3) is 1.00. The van der Waals surface area contributed by atoms with E-state index in [2.05, 4.69) is 13.8 Å². The Labute approximate surface area is 170 Å². The molecule has 0 spiro atoms.